The maximum Gasteiger partial charge on any atom is 0.335 e. The molecule has 0 aliphatic heterocycles. The minimum Gasteiger partial charge on any atom is -0.478 e. The number of fused-ring (bicyclic) bond motifs is 1. The highest BCUT2D eigenvalue weighted by Gasteiger charge is 2.04. The highest BCUT2D eigenvalue weighted by Crippen LogP contribution is 2.17. The molecule has 0 unspecified atom stereocenters. The van der Waals surface area contributed by atoms with Gasteiger partial charge in [0.1, 0.15) is 0 Å². The van der Waals surface area contributed by atoms with E-state index in [1.54, 1.807) is 24.4 Å². The molecule has 0 aliphatic carbocycles. The molecule has 0 atom stereocenters. The van der Waals surface area contributed by atoms with E-state index >= 15 is 0 Å². The Balaban J connectivity index is 2.73. The van der Waals surface area contributed by atoms with Gasteiger partial charge in [-0.1, -0.05) is 6.07 Å². The smallest absolute Gasteiger partial charge is 0.335 e. The lowest BCUT2D eigenvalue weighted by Gasteiger charge is -2.01. The second kappa shape index (κ2) is 3.10. The van der Waals surface area contributed by atoms with Crippen molar-refractivity contribution in [1.82, 2.24) is 4.98 Å². The number of aryl methyl sites for hydroxylation is 1. The number of hydrogen-bond acceptors (Lipinski definition) is 2. The van der Waals surface area contributed by atoms with Crippen LogP contribution in [0.4, 0.5) is 0 Å². The van der Waals surface area contributed by atoms with Crippen LogP contribution in [0.15, 0.2) is 30.5 Å². The first kappa shape index (κ1) is 8.69. The van der Waals surface area contributed by atoms with Crippen molar-refractivity contribution in [2.75, 3.05) is 0 Å². The molecule has 3 nitrogen and oxygen atoms in total. The molecule has 0 aliphatic rings. The molecule has 70 valence electrons. The monoisotopic (exact) mass is 187 g/mol. The lowest BCUT2D eigenvalue weighted by Crippen LogP contribution is -1.95. The van der Waals surface area contributed by atoms with E-state index in [9.17, 15) is 4.79 Å². The van der Waals surface area contributed by atoms with Gasteiger partial charge in [-0.3, -0.25) is 4.98 Å². The Morgan fingerprint density at radius 3 is 2.86 bits per heavy atom. The molecule has 0 bridgehead atoms. The average molecular weight is 187 g/mol. The average Bonchev–Trinajstić information content (AvgIpc) is 2.17. The normalized spacial score (nSPS) is 10.4. The minimum absolute atomic E-state index is 0.308. The standard InChI is InChI=1S/C11H9NO2/c1-7-10-3-2-9(11(13)14)6-8(10)4-5-12-7/h2-6H,1H3,(H,13,14). The van der Waals surface area contributed by atoms with E-state index in [0.29, 0.717) is 5.56 Å². The summed E-state index contributed by atoms with van der Waals surface area (Å²) in [6, 6.07) is 6.86. The van der Waals surface area contributed by atoms with E-state index in [4.69, 9.17) is 5.11 Å². The van der Waals surface area contributed by atoms with Gasteiger partial charge in [-0.25, -0.2) is 4.79 Å². The number of aromatic nitrogens is 1. The van der Waals surface area contributed by atoms with Crippen LogP contribution < -0.4 is 0 Å². The quantitative estimate of drug-likeness (QED) is 0.744. The molecule has 0 saturated carbocycles. The van der Waals surface area contributed by atoms with Crippen LogP contribution in [0.2, 0.25) is 0 Å². The molecule has 1 aromatic carbocycles. The number of aromatic carboxylic acids is 1. The molecule has 0 saturated heterocycles. The molecule has 2 rings (SSSR count). The van der Waals surface area contributed by atoms with E-state index in [-0.39, 0.29) is 0 Å². The maximum atomic E-state index is 10.7. The van der Waals surface area contributed by atoms with Gasteiger partial charge in [0.2, 0.25) is 0 Å². The fourth-order valence-corrected chi connectivity index (χ4v) is 1.46. The van der Waals surface area contributed by atoms with Gasteiger partial charge < -0.3 is 5.11 Å². The summed E-state index contributed by atoms with van der Waals surface area (Å²) in [6.45, 7) is 1.91. The predicted molar refractivity (Wildman–Crippen MR) is 53.4 cm³/mol. The fourth-order valence-electron chi connectivity index (χ4n) is 1.46. The van der Waals surface area contributed by atoms with Gasteiger partial charge >= 0.3 is 5.97 Å². The lowest BCUT2D eigenvalue weighted by molar-refractivity contribution is 0.0697. The van der Waals surface area contributed by atoms with Crippen LogP contribution in [0.1, 0.15) is 16.1 Å². The highest BCUT2D eigenvalue weighted by atomic mass is 16.4. The van der Waals surface area contributed by atoms with Crippen LogP contribution in [0.5, 0.6) is 0 Å². The third-order valence-electron chi connectivity index (χ3n) is 2.21. The summed E-state index contributed by atoms with van der Waals surface area (Å²) in [5, 5.41) is 10.7. The number of nitrogens with zero attached hydrogens (tertiary/aromatic N) is 1. The number of rotatable bonds is 1. The van der Waals surface area contributed by atoms with Crippen LogP contribution >= 0.6 is 0 Å². The van der Waals surface area contributed by atoms with E-state index in [0.717, 1.165) is 16.5 Å². The summed E-state index contributed by atoms with van der Waals surface area (Å²) in [7, 11) is 0. The molecule has 14 heavy (non-hydrogen) atoms. The minimum atomic E-state index is -0.902. The molecule has 1 N–H and O–H groups in total. The molecule has 0 spiro atoms. The third kappa shape index (κ3) is 1.33. The molecule has 1 aromatic heterocycles. The molecule has 2 aromatic rings. The summed E-state index contributed by atoms with van der Waals surface area (Å²) in [4.78, 5) is 14.8. The molecule has 3 heteroatoms. The van der Waals surface area contributed by atoms with E-state index in [2.05, 4.69) is 4.98 Å². The number of benzene rings is 1. The zero-order valence-electron chi connectivity index (χ0n) is 7.69. The van der Waals surface area contributed by atoms with Crippen molar-refractivity contribution in [1.29, 1.82) is 0 Å². The summed E-state index contributed by atoms with van der Waals surface area (Å²) >= 11 is 0. The van der Waals surface area contributed by atoms with Crippen molar-refractivity contribution in [2.24, 2.45) is 0 Å². The summed E-state index contributed by atoms with van der Waals surface area (Å²) in [5.41, 5.74) is 1.22. The summed E-state index contributed by atoms with van der Waals surface area (Å²) in [6.07, 6.45) is 1.68. The number of hydrogen-bond donors (Lipinski definition) is 1. The van der Waals surface area contributed by atoms with Gasteiger partial charge in [-0.05, 0) is 30.5 Å². The van der Waals surface area contributed by atoms with Crippen molar-refractivity contribution < 1.29 is 9.90 Å². The van der Waals surface area contributed by atoms with Crippen molar-refractivity contribution in [2.45, 2.75) is 6.92 Å². The van der Waals surface area contributed by atoms with E-state index in [1.807, 2.05) is 13.0 Å². The summed E-state index contributed by atoms with van der Waals surface area (Å²) in [5.74, 6) is -0.902. The number of pyridine rings is 1. The Morgan fingerprint density at radius 2 is 2.14 bits per heavy atom. The largest absolute Gasteiger partial charge is 0.478 e. The first-order valence-corrected chi connectivity index (χ1v) is 4.27. The zero-order valence-corrected chi connectivity index (χ0v) is 7.69. The Labute approximate surface area is 81.0 Å². The van der Waals surface area contributed by atoms with Crippen LogP contribution in [0.25, 0.3) is 10.8 Å². The number of carbonyl (C=O) groups is 1. The number of carboxylic acids is 1. The highest BCUT2D eigenvalue weighted by molar-refractivity contribution is 5.94. The van der Waals surface area contributed by atoms with E-state index in [1.165, 1.54) is 0 Å². The Hall–Kier alpha value is -1.90. The van der Waals surface area contributed by atoms with Crippen LogP contribution in [-0.2, 0) is 0 Å². The second-order valence-corrected chi connectivity index (χ2v) is 3.14. The SMILES string of the molecule is Cc1nccc2cc(C(=O)O)ccc12. The van der Waals surface area contributed by atoms with Gasteiger partial charge in [0.05, 0.1) is 5.56 Å². The molecule has 0 radical (unpaired) electrons. The number of carboxylic acid groups (broad SMARTS) is 1. The van der Waals surface area contributed by atoms with Crippen LogP contribution in [0, 0.1) is 6.92 Å². The van der Waals surface area contributed by atoms with Gasteiger partial charge in [0, 0.05) is 17.3 Å². The molecular formula is C11H9NO2. The predicted octanol–water partition coefficient (Wildman–Crippen LogP) is 2.24. The van der Waals surface area contributed by atoms with Gasteiger partial charge in [-0.2, -0.15) is 0 Å². The Morgan fingerprint density at radius 1 is 1.36 bits per heavy atom. The first-order chi connectivity index (χ1) is 6.68. The molecule has 0 fully saturated rings. The van der Waals surface area contributed by atoms with Gasteiger partial charge in [-0.15, -0.1) is 0 Å². The fraction of sp³-hybridized carbons (Fsp3) is 0.0909. The van der Waals surface area contributed by atoms with Gasteiger partial charge in [0.25, 0.3) is 0 Å². The summed E-state index contributed by atoms with van der Waals surface area (Å²) < 4.78 is 0. The second-order valence-electron chi connectivity index (χ2n) is 3.14. The zero-order chi connectivity index (χ0) is 10.1. The first-order valence-electron chi connectivity index (χ1n) is 4.27. The topological polar surface area (TPSA) is 50.2 Å². The van der Waals surface area contributed by atoms with Crippen LogP contribution in [0.3, 0.4) is 0 Å². The third-order valence-corrected chi connectivity index (χ3v) is 2.21. The molecular weight excluding hydrogens is 178 g/mol. The Kier molecular flexibility index (Phi) is 1.93. The maximum absolute atomic E-state index is 10.7. The molecule has 0 amide bonds. The van der Waals surface area contributed by atoms with E-state index < -0.39 is 5.97 Å². The van der Waals surface area contributed by atoms with Crippen molar-refractivity contribution in [3.63, 3.8) is 0 Å². The van der Waals surface area contributed by atoms with Crippen molar-refractivity contribution in [3.05, 3.63) is 41.7 Å². The lowest BCUT2D eigenvalue weighted by atomic mass is 10.1. The van der Waals surface area contributed by atoms with Crippen LogP contribution in [-0.4, -0.2) is 16.1 Å². The Bertz CT molecular complexity index is 506. The van der Waals surface area contributed by atoms with Crippen molar-refractivity contribution in [3.8, 4) is 0 Å². The molecule has 1 heterocycles. The van der Waals surface area contributed by atoms with Crippen molar-refractivity contribution >= 4 is 16.7 Å². The van der Waals surface area contributed by atoms with Gasteiger partial charge in [0.15, 0.2) is 0 Å².